The highest BCUT2D eigenvalue weighted by Crippen LogP contribution is 2.18. The van der Waals surface area contributed by atoms with E-state index < -0.39 is 0 Å². The fourth-order valence-corrected chi connectivity index (χ4v) is 2.43. The zero-order chi connectivity index (χ0) is 13.0. The molecule has 0 aromatic heterocycles. The van der Waals surface area contributed by atoms with Gasteiger partial charge in [0.15, 0.2) is 0 Å². The van der Waals surface area contributed by atoms with Gasteiger partial charge in [0.1, 0.15) is 0 Å². The van der Waals surface area contributed by atoms with Crippen molar-refractivity contribution in [2.24, 2.45) is 0 Å². The van der Waals surface area contributed by atoms with Crippen LogP contribution in [0.1, 0.15) is 11.1 Å². The van der Waals surface area contributed by atoms with Crippen LogP contribution >= 0.6 is 0 Å². The Balaban J connectivity index is 1.90. The summed E-state index contributed by atoms with van der Waals surface area (Å²) in [5.74, 6) is 0. The van der Waals surface area contributed by atoms with Crippen LogP contribution in [0.2, 0.25) is 0 Å². The Bertz CT molecular complexity index is 387. The van der Waals surface area contributed by atoms with Crippen molar-refractivity contribution < 1.29 is 5.11 Å². The largest absolute Gasteiger partial charge is 0.399 e. The standard InChI is InChI=1S/C14H23N3O/c1-12-13(3-2-4-14(12)15)11-17-7-5-16(6-8-17)9-10-18/h2-4,18H,5-11,15H2,1H3. The summed E-state index contributed by atoms with van der Waals surface area (Å²) in [4.78, 5) is 4.76. The third-order valence-electron chi connectivity index (χ3n) is 3.76. The lowest BCUT2D eigenvalue weighted by atomic mass is 10.1. The first-order chi connectivity index (χ1) is 8.70. The molecule has 0 unspecified atom stereocenters. The van der Waals surface area contributed by atoms with Crippen LogP contribution in [-0.4, -0.2) is 54.2 Å². The molecule has 1 heterocycles. The van der Waals surface area contributed by atoms with Gasteiger partial charge in [0.2, 0.25) is 0 Å². The number of hydrogen-bond donors (Lipinski definition) is 2. The molecule has 1 aromatic rings. The molecular formula is C14H23N3O. The number of nitrogens with two attached hydrogens (primary N) is 1. The third-order valence-corrected chi connectivity index (χ3v) is 3.76. The second kappa shape index (κ2) is 6.18. The van der Waals surface area contributed by atoms with E-state index in [0.29, 0.717) is 0 Å². The van der Waals surface area contributed by atoms with Crippen LogP contribution in [-0.2, 0) is 6.54 Å². The smallest absolute Gasteiger partial charge is 0.0558 e. The first-order valence-electron chi connectivity index (χ1n) is 6.60. The predicted molar refractivity (Wildman–Crippen MR) is 74.4 cm³/mol. The summed E-state index contributed by atoms with van der Waals surface area (Å²) in [6.07, 6.45) is 0. The van der Waals surface area contributed by atoms with Gasteiger partial charge in [-0.3, -0.25) is 9.80 Å². The lowest BCUT2D eigenvalue weighted by molar-refractivity contribution is 0.108. The molecule has 0 amide bonds. The molecule has 0 bridgehead atoms. The van der Waals surface area contributed by atoms with Crippen LogP contribution in [0.5, 0.6) is 0 Å². The number of hydrogen-bond acceptors (Lipinski definition) is 4. The number of rotatable bonds is 4. The monoisotopic (exact) mass is 249 g/mol. The normalized spacial score (nSPS) is 18.1. The SMILES string of the molecule is Cc1c(N)cccc1CN1CCN(CCO)CC1. The summed E-state index contributed by atoms with van der Waals surface area (Å²) >= 11 is 0. The lowest BCUT2D eigenvalue weighted by Crippen LogP contribution is -2.46. The van der Waals surface area contributed by atoms with E-state index in [-0.39, 0.29) is 6.61 Å². The number of β-amino-alcohol motifs (C(OH)–C–C–N with tert-alkyl or cyclic N) is 1. The van der Waals surface area contributed by atoms with Crippen LogP contribution in [0.4, 0.5) is 5.69 Å². The molecule has 1 saturated heterocycles. The molecule has 4 nitrogen and oxygen atoms in total. The maximum absolute atomic E-state index is 8.92. The zero-order valence-electron chi connectivity index (χ0n) is 11.1. The number of nitrogens with zero attached hydrogens (tertiary/aromatic N) is 2. The van der Waals surface area contributed by atoms with Crippen LogP contribution in [0.25, 0.3) is 0 Å². The molecule has 0 aliphatic carbocycles. The minimum absolute atomic E-state index is 0.258. The molecule has 1 fully saturated rings. The number of nitrogen functional groups attached to an aromatic ring is 1. The van der Waals surface area contributed by atoms with Crippen LogP contribution in [0.3, 0.4) is 0 Å². The number of aliphatic hydroxyl groups excluding tert-OH is 1. The van der Waals surface area contributed by atoms with Crippen molar-refractivity contribution in [1.82, 2.24) is 9.80 Å². The summed E-state index contributed by atoms with van der Waals surface area (Å²) < 4.78 is 0. The van der Waals surface area contributed by atoms with Gasteiger partial charge in [0, 0.05) is 45.0 Å². The average Bonchev–Trinajstić information content (AvgIpc) is 2.38. The predicted octanol–water partition coefficient (Wildman–Crippen LogP) is 0.687. The van der Waals surface area contributed by atoms with Crippen LogP contribution in [0, 0.1) is 6.92 Å². The Kier molecular flexibility index (Phi) is 4.58. The molecule has 18 heavy (non-hydrogen) atoms. The van der Waals surface area contributed by atoms with Crippen molar-refractivity contribution in [2.45, 2.75) is 13.5 Å². The Labute approximate surface area is 109 Å². The van der Waals surface area contributed by atoms with Crippen molar-refractivity contribution in [2.75, 3.05) is 45.1 Å². The fraction of sp³-hybridized carbons (Fsp3) is 0.571. The molecule has 1 aliphatic rings. The van der Waals surface area contributed by atoms with Crippen LogP contribution in [0.15, 0.2) is 18.2 Å². The van der Waals surface area contributed by atoms with E-state index in [1.54, 1.807) is 0 Å². The Morgan fingerprint density at radius 1 is 1.17 bits per heavy atom. The molecular weight excluding hydrogens is 226 g/mol. The highest BCUT2D eigenvalue weighted by molar-refractivity contribution is 5.49. The van der Waals surface area contributed by atoms with Gasteiger partial charge in [-0.1, -0.05) is 12.1 Å². The van der Waals surface area contributed by atoms with Gasteiger partial charge in [-0.25, -0.2) is 0 Å². The minimum Gasteiger partial charge on any atom is -0.399 e. The van der Waals surface area contributed by atoms with E-state index >= 15 is 0 Å². The van der Waals surface area contributed by atoms with E-state index in [4.69, 9.17) is 10.8 Å². The molecule has 1 aliphatic heterocycles. The molecule has 0 saturated carbocycles. The molecule has 1 aromatic carbocycles. The maximum Gasteiger partial charge on any atom is 0.0558 e. The quantitative estimate of drug-likeness (QED) is 0.771. The van der Waals surface area contributed by atoms with Crippen molar-refractivity contribution in [1.29, 1.82) is 0 Å². The van der Waals surface area contributed by atoms with E-state index in [9.17, 15) is 0 Å². The van der Waals surface area contributed by atoms with Gasteiger partial charge in [0.25, 0.3) is 0 Å². The Hall–Kier alpha value is -1.10. The van der Waals surface area contributed by atoms with Gasteiger partial charge in [-0.05, 0) is 24.1 Å². The molecule has 2 rings (SSSR count). The molecule has 0 spiro atoms. The molecule has 4 heteroatoms. The van der Waals surface area contributed by atoms with E-state index in [0.717, 1.165) is 45.0 Å². The van der Waals surface area contributed by atoms with Gasteiger partial charge >= 0.3 is 0 Å². The number of benzene rings is 1. The molecule has 3 N–H and O–H groups in total. The number of piperazine rings is 1. The Morgan fingerprint density at radius 2 is 1.83 bits per heavy atom. The van der Waals surface area contributed by atoms with E-state index in [1.807, 2.05) is 12.1 Å². The summed E-state index contributed by atoms with van der Waals surface area (Å²) in [6, 6.07) is 6.14. The Morgan fingerprint density at radius 3 is 2.50 bits per heavy atom. The van der Waals surface area contributed by atoms with Gasteiger partial charge < -0.3 is 10.8 Å². The van der Waals surface area contributed by atoms with Crippen molar-refractivity contribution in [3.8, 4) is 0 Å². The van der Waals surface area contributed by atoms with Gasteiger partial charge in [-0.15, -0.1) is 0 Å². The van der Waals surface area contributed by atoms with Crippen molar-refractivity contribution in [3.05, 3.63) is 29.3 Å². The molecule has 100 valence electrons. The maximum atomic E-state index is 8.92. The lowest BCUT2D eigenvalue weighted by Gasteiger charge is -2.34. The van der Waals surface area contributed by atoms with Crippen LogP contribution < -0.4 is 5.73 Å². The summed E-state index contributed by atoms with van der Waals surface area (Å²) in [7, 11) is 0. The average molecular weight is 249 g/mol. The molecule has 0 radical (unpaired) electrons. The topological polar surface area (TPSA) is 52.7 Å². The number of aliphatic hydroxyl groups is 1. The van der Waals surface area contributed by atoms with Gasteiger partial charge in [-0.2, -0.15) is 0 Å². The highest BCUT2D eigenvalue weighted by Gasteiger charge is 2.17. The zero-order valence-corrected chi connectivity index (χ0v) is 11.1. The van der Waals surface area contributed by atoms with Crippen molar-refractivity contribution in [3.63, 3.8) is 0 Å². The van der Waals surface area contributed by atoms with Gasteiger partial charge in [0.05, 0.1) is 6.61 Å². The summed E-state index contributed by atoms with van der Waals surface area (Å²) in [6.45, 7) is 8.34. The highest BCUT2D eigenvalue weighted by atomic mass is 16.3. The minimum atomic E-state index is 0.258. The second-order valence-corrected chi connectivity index (χ2v) is 4.97. The first kappa shape index (κ1) is 13.3. The fourth-order valence-electron chi connectivity index (χ4n) is 2.43. The second-order valence-electron chi connectivity index (χ2n) is 4.97. The third kappa shape index (κ3) is 3.22. The van der Waals surface area contributed by atoms with Crippen molar-refractivity contribution >= 4 is 5.69 Å². The van der Waals surface area contributed by atoms with E-state index in [1.165, 1.54) is 11.1 Å². The first-order valence-corrected chi connectivity index (χ1v) is 6.60. The van der Waals surface area contributed by atoms with E-state index in [2.05, 4.69) is 22.8 Å². The summed E-state index contributed by atoms with van der Waals surface area (Å²) in [5.41, 5.74) is 9.34. The summed E-state index contributed by atoms with van der Waals surface area (Å²) in [5, 5.41) is 8.92. The molecule has 0 atom stereocenters. The number of anilines is 1.